The average molecular weight is 329 g/mol. The molecule has 1 aliphatic heterocycles. The highest BCUT2D eigenvalue weighted by atomic mass is 79.9. The van der Waals surface area contributed by atoms with E-state index in [0.717, 1.165) is 17.3 Å². The van der Waals surface area contributed by atoms with Crippen LogP contribution in [0, 0.1) is 0 Å². The molecule has 1 heterocycles. The highest BCUT2D eigenvalue weighted by molar-refractivity contribution is 9.10. The molecular formula is C13H17BrN2O3. The van der Waals surface area contributed by atoms with Gasteiger partial charge < -0.3 is 20.1 Å². The Morgan fingerprint density at radius 1 is 1.63 bits per heavy atom. The lowest BCUT2D eigenvalue weighted by Crippen LogP contribution is -2.40. The first-order valence-electron chi connectivity index (χ1n) is 6.17. The maximum Gasteiger partial charge on any atom is 0.322 e. The molecule has 0 radical (unpaired) electrons. The number of carbonyl (C=O) groups excluding carboxylic acids is 1. The first kappa shape index (κ1) is 14.1. The lowest BCUT2D eigenvalue weighted by Gasteiger charge is -2.23. The Kier molecular flexibility index (Phi) is 4.66. The Morgan fingerprint density at radius 2 is 2.42 bits per heavy atom. The summed E-state index contributed by atoms with van der Waals surface area (Å²) in [5.74, 6) is 0.665. The predicted molar refractivity (Wildman–Crippen MR) is 76.5 cm³/mol. The first-order valence-corrected chi connectivity index (χ1v) is 6.97. The molecule has 0 bridgehead atoms. The molecule has 0 aliphatic carbocycles. The van der Waals surface area contributed by atoms with Gasteiger partial charge >= 0.3 is 6.03 Å². The second-order valence-corrected chi connectivity index (χ2v) is 5.31. The average Bonchev–Trinajstić information content (AvgIpc) is 2.89. The third-order valence-corrected chi connectivity index (χ3v) is 3.91. The van der Waals surface area contributed by atoms with E-state index >= 15 is 0 Å². The van der Waals surface area contributed by atoms with Gasteiger partial charge in [-0.25, -0.2) is 4.79 Å². The second kappa shape index (κ2) is 6.25. The van der Waals surface area contributed by atoms with Gasteiger partial charge in [-0.15, -0.1) is 0 Å². The standard InChI is InChI=1S/C13H17BrN2O3/c1-19-12-7-9(4-5-11(12)14)15-13(18)16-6-2-3-10(16)8-17/h4-5,7,10,17H,2-3,6,8H2,1H3,(H,15,18)/t10-/m1/s1. The minimum absolute atomic E-state index is 0.0110. The topological polar surface area (TPSA) is 61.8 Å². The maximum atomic E-state index is 12.1. The summed E-state index contributed by atoms with van der Waals surface area (Å²) in [7, 11) is 1.58. The van der Waals surface area contributed by atoms with Crippen LogP contribution in [0.2, 0.25) is 0 Å². The smallest absolute Gasteiger partial charge is 0.322 e. The lowest BCUT2D eigenvalue weighted by atomic mass is 10.2. The van der Waals surface area contributed by atoms with E-state index in [9.17, 15) is 9.90 Å². The van der Waals surface area contributed by atoms with Crippen molar-refractivity contribution in [2.45, 2.75) is 18.9 Å². The minimum atomic E-state index is -0.180. The Balaban J connectivity index is 2.06. The normalized spacial score (nSPS) is 18.5. The van der Waals surface area contributed by atoms with Gasteiger partial charge in [-0.05, 0) is 40.9 Å². The van der Waals surface area contributed by atoms with E-state index in [4.69, 9.17) is 4.74 Å². The van der Waals surface area contributed by atoms with Crippen molar-refractivity contribution >= 4 is 27.6 Å². The monoisotopic (exact) mass is 328 g/mol. The summed E-state index contributed by atoms with van der Waals surface area (Å²) in [5, 5.41) is 12.0. The molecule has 104 valence electrons. The number of amides is 2. The number of anilines is 1. The van der Waals surface area contributed by atoms with Gasteiger partial charge in [-0.1, -0.05) is 0 Å². The molecule has 0 saturated carbocycles. The van der Waals surface area contributed by atoms with Crippen LogP contribution in [-0.4, -0.2) is 42.3 Å². The molecule has 2 rings (SSSR count). The van der Waals surface area contributed by atoms with Crippen LogP contribution in [0.15, 0.2) is 22.7 Å². The van der Waals surface area contributed by atoms with Crippen molar-refractivity contribution < 1.29 is 14.6 Å². The highest BCUT2D eigenvalue weighted by Gasteiger charge is 2.28. The number of hydrogen-bond acceptors (Lipinski definition) is 3. The minimum Gasteiger partial charge on any atom is -0.495 e. The Hall–Kier alpha value is -1.27. The van der Waals surface area contributed by atoms with Crippen molar-refractivity contribution in [3.05, 3.63) is 22.7 Å². The number of carbonyl (C=O) groups is 1. The van der Waals surface area contributed by atoms with Gasteiger partial charge in [0.05, 0.1) is 24.2 Å². The summed E-state index contributed by atoms with van der Waals surface area (Å²) in [6, 6.07) is 5.13. The van der Waals surface area contributed by atoms with Crippen LogP contribution < -0.4 is 10.1 Å². The van der Waals surface area contributed by atoms with E-state index in [2.05, 4.69) is 21.2 Å². The highest BCUT2D eigenvalue weighted by Crippen LogP contribution is 2.28. The van der Waals surface area contributed by atoms with Gasteiger partial charge in [0, 0.05) is 18.3 Å². The van der Waals surface area contributed by atoms with Gasteiger partial charge in [0.15, 0.2) is 0 Å². The zero-order valence-electron chi connectivity index (χ0n) is 10.7. The zero-order chi connectivity index (χ0) is 13.8. The summed E-state index contributed by atoms with van der Waals surface area (Å²) < 4.78 is 6.02. The van der Waals surface area contributed by atoms with Crippen LogP contribution in [0.5, 0.6) is 5.75 Å². The van der Waals surface area contributed by atoms with E-state index in [1.54, 1.807) is 24.1 Å². The molecule has 0 unspecified atom stereocenters. The SMILES string of the molecule is COc1cc(NC(=O)N2CCC[C@@H]2CO)ccc1Br. The number of urea groups is 1. The number of aliphatic hydroxyl groups excluding tert-OH is 1. The number of halogens is 1. The molecule has 1 atom stereocenters. The Labute approximate surface area is 120 Å². The summed E-state index contributed by atoms with van der Waals surface area (Å²) in [4.78, 5) is 13.8. The van der Waals surface area contributed by atoms with Gasteiger partial charge in [0.25, 0.3) is 0 Å². The summed E-state index contributed by atoms with van der Waals surface area (Å²) >= 11 is 3.36. The van der Waals surface area contributed by atoms with Crippen molar-refractivity contribution in [1.29, 1.82) is 0 Å². The van der Waals surface area contributed by atoms with Crippen molar-refractivity contribution in [2.24, 2.45) is 0 Å². The number of benzene rings is 1. The molecule has 1 saturated heterocycles. The molecular weight excluding hydrogens is 312 g/mol. The predicted octanol–water partition coefficient (Wildman–Crippen LogP) is 2.45. The number of likely N-dealkylation sites (tertiary alicyclic amines) is 1. The first-order chi connectivity index (χ1) is 9.15. The molecule has 0 spiro atoms. The number of ether oxygens (including phenoxy) is 1. The molecule has 1 aliphatic rings. The quantitative estimate of drug-likeness (QED) is 0.895. The van der Waals surface area contributed by atoms with Crippen molar-refractivity contribution in [3.63, 3.8) is 0 Å². The van der Waals surface area contributed by atoms with Gasteiger partial charge in [-0.2, -0.15) is 0 Å². The number of aliphatic hydroxyl groups is 1. The summed E-state index contributed by atoms with van der Waals surface area (Å²) in [6.45, 7) is 0.696. The van der Waals surface area contributed by atoms with Crippen molar-refractivity contribution in [1.82, 2.24) is 4.90 Å². The van der Waals surface area contributed by atoms with Crippen LogP contribution in [0.1, 0.15) is 12.8 Å². The largest absolute Gasteiger partial charge is 0.495 e. The fraction of sp³-hybridized carbons (Fsp3) is 0.462. The molecule has 19 heavy (non-hydrogen) atoms. The van der Waals surface area contributed by atoms with Crippen molar-refractivity contribution in [2.75, 3.05) is 25.6 Å². The molecule has 1 aromatic carbocycles. The van der Waals surface area contributed by atoms with E-state index < -0.39 is 0 Å². The number of nitrogens with one attached hydrogen (secondary N) is 1. The summed E-state index contributed by atoms with van der Waals surface area (Å²) in [5.41, 5.74) is 0.675. The number of nitrogens with zero attached hydrogens (tertiary/aromatic N) is 1. The summed E-state index contributed by atoms with van der Waals surface area (Å²) in [6.07, 6.45) is 1.79. The molecule has 2 N–H and O–H groups in total. The van der Waals surface area contributed by atoms with Crippen LogP contribution in [0.4, 0.5) is 10.5 Å². The van der Waals surface area contributed by atoms with Crippen LogP contribution in [-0.2, 0) is 0 Å². The molecule has 1 aromatic rings. The number of hydrogen-bond donors (Lipinski definition) is 2. The lowest BCUT2D eigenvalue weighted by molar-refractivity contribution is 0.166. The molecule has 0 aromatic heterocycles. The Morgan fingerprint density at radius 3 is 3.11 bits per heavy atom. The fourth-order valence-corrected chi connectivity index (χ4v) is 2.63. The second-order valence-electron chi connectivity index (χ2n) is 4.45. The van der Waals surface area contributed by atoms with Crippen LogP contribution in [0.3, 0.4) is 0 Å². The maximum absolute atomic E-state index is 12.1. The number of rotatable bonds is 3. The van der Waals surface area contributed by atoms with Gasteiger partial charge in [0.1, 0.15) is 5.75 Å². The molecule has 1 fully saturated rings. The molecule has 6 heteroatoms. The van der Waals surface area contributed by atoms with Crippen LogP contribution in [0.25, 0.3) is 0 Å². The third kappa shape index (κ3) is 3.19. The Bertz CT molecular complexity index is 467. The van der Waals surface area contributed by atoms with E-state index in [-0.39, 0.29) is 18.7 Å². The third-order valence-electron chi connectivity index (χ3n) is 3.25. The van der Waals surface area contributed by atoms with Crippen molar-refractivity contribution in [3.8, 4) is 5.75 Å². The van der Waals surface area contributed by atoms with Gasteiger partial charge in [-0.3, -0.25) is 0 Å². The van der Waals surface area contributed by atoms with E-state index in [1.165, 1.54) is 0 Å². The fourth-order valence-electron chi connectivity index (χ4n) is 2.23. The molecule has 5 nitrogen and oxygen atoms in total. The number of methoxy groups -OCH3 is 1. The van der Waals surface area contributed by atoms with E-state index in [1.807, 2.05) is 6.07 Å². The van der Waals surface area contributed by atoms with Gasteiger partial charge in [0.2, 0.25) is 0 Å². The molecule has 2 amide bonds. The zero-order valence-corrected chi connectivity index (χ0v) is 12.3. The van der Waals surface area contributed by atoms with E-state index in [0.29, 0.717) is 18.0 Å². The van der Waals surface area contributed by atoms with Crippen LogP contribution >= 0.6 is 15.9 Å².